The van der Waals surface area contributed by atoms with E-state index >= 15 is 0 Å². The summed E-state index contributed by atoms with van der Waals surface area (Å²) in [5.41, 5.74) is 0.608. The molecule has 1 aliphatic rings. The maximum absolute atomic E-state index is 13.0. The molecule has 5 rings (SSSR count). The Morgan fingerprint density at radius 1 is 0.735 bits per heavy atom. The summed E-state index contributed by atoms with van der Waals surface area (Å²) < 4.78 is 10.1. The highest BCUT2D eigenvalue weighted by atomic mass is 17.4. The van der Waals surface area contributed by atoms with Crippen LogP contribution < -0.4 is 27.4 Å². The number of nitrogens with one attached hydrogen (secondary N) is 4. The van der Waals surface area contributed by atoms with Crippen molar-refractivity contribution in [1.29, 1.82) is 0 Å². The van der Waals surface area contributed by atoms with Gasteiger partial charge in [0.1, 0.15) is 0 Å². The second-order valence-corrected chi connectivity index (χ2v) is 7.05. The minimum atomic E-state index is -1.07. The Labute approximate surface area is 190 Å². The Kier molecular flexibility index (Phi) is 7.09. The molecule has 2 unspecified atom stereocenters. The molecule has 2 aromatic carbocycles. The molecule has 4 aromatic rings. The van der Waals surface area contributed by atoms with E-state index < -0.39 is 35.5 Å². The third-order valence-electron chi connectivity index (χ3n) is 5.13. The van der Waals surface area contributed by atoms with E-state index in [0.717, 1.165) is 0 Å². The smallest absolute Gasteiger partial charge is 0.258 e. The minimum Gasteiger partial charge on any atom is -0.352 e. The predicted octanol–water partition coefficient (Wildman–Crippen LogP) is -0.786. The van der Waals surface area contributed by atoms with Crippen molar-refractivity contribution in [1.82, 2.24) is 21.3 Å². The summed E-state index contributed by atoms with van der Waals surface area (Å²) in [6, 6.07) is 5.61. The number of hydrogen-bond acceptors (Lipinski definition) is 11. The molecule has 2 aromatic heterocycles. The first kappa shape index (κ1) is 23.7. The topological polar surface area (TPSA) is 176 Å². The summed E-state index contributed by atoms with van der Waals surface area (Å²) in [7, 11) is 2.62. The van der Waals surface area contributed by atoms with Crippen molar-refractivity contribution >= 4 is 33.4 Å². The van der Waals surface area contributed by atoms with Gasteiger partial charge in [0.2, 0.25) is 12.6 Å². The second-order valence-electron chi connectivity index (χ2n) is 7.05. The molecule has 0 saturated heterocycles. The van der Waals surface area contributed by atoms with Crippen molar-refractivity contribution in [2.24, 2.45) is 0 Å². The average molecular weight is 476 g/mol. The largest absolute Gasteiger partial charge is 0.352 e. The molecule has 34 heavy (non-hydrogen) atoms. The Morgan fingerprint density at radius 2 is 1.18 bits per heavy atom. The first-order valence-corrected chi connectivity index (χ1v) is 9.91. The molecule has 0 radical (unpaired) electrons. The lowest BCUT2D eigenvalue weighted by atomic mass is 9.94. The molecule has 2 amide bonds. The highest BCUT2D eigenvalue weighted by molar-refractivity contribution is 6.23. The summed E-state index contributed by atoms with van der Waals surface area (Å²) in [4.78, 5) is 72.5. The molecule has 0 fully saturated rings. The van der Waals surface area contributed by atoms with E-state index in [2.05, 4.69) is 25.6 Å². The number of rotatable bonds is 2. The van der Waals surface area contributed by atoms with Gasteiger partial charge in [-0.25, -0.2) is 0 Å². The van der Waals surface area contributed by atoms with Gasteiger partial charge < -0.3 is 20.1 Å². The number of ether oxygens (including phenoxy) is 2. The van der Waals surface area contributed by atoms with Crippen molar-refractivity contribution < 1.29 is 38.8 Å². The number of aromatic amines is 1. The number of H-pyrrole nitrogens is 1. The van der Waals surface area contributed by atoms with Crippen LogP contribution in [0.2, 0.25) is 0 Å². The van der Waals surface area contributed by atoms with Gasteiger partial charge in [-0.05, 0) is 29.9 Å². The number of aromatic nitrogens is 1. The molecule has 1 aliphatic heterocycles. The summed E-state index contributed by atoms with van der Waals surface area (Å²) in [5.74, 6) is -1.22. The zero-order valence-corrected chi connectivity index (χ0v) is 18.0. The number of benzene rings is 2. The van der Waals surface area contributed by atoms with Gasteiger partial charge in [-0.1, -0.05) is 0 Å². The third kappa shape index (κ3) is 4.59. The maximum Gasteiger partial charge on any atom is 0.258 e. The molecule has 14 heteroatoms. The van der Waals surface area contributed by atoms with E-state index in [4.69, 9.17) is 19.2 Å². The molecule has 0 saturated carbocycles. The van der Waals surface area contributed by atoms with Gasteiger partial charge in [0.15, 0.2) is 0 Å². The van der Waals surface area contributed by atoms with Gasteiger partial charge in [-0.2, -0.15) is 9.78 Å². The van der Waals surface area contributed by atoms with Gasteiger partial charge >= 0.3 is 0 Å². The summed E-state index contributed by atoms with van der Waals surface area (Å²) >= 11 is 0. The van der Waals surface area contributed by atoms with Crippen LogP contribution >= 0.6 is 0 Å². The molecule has 3 heterocycles. The number of methoxy groups -OCH3 is 2. The minimum absolute atomic E-state index is 0.0564. The zero-order chi connectivity index (χ0) is 24.2. The van der Waals surface area contributed by atoms with Crippen LogP contribution in [0.3, 0.4) is 0 Å². The van der Waals surface area contributed by atoms with Crippen molar-refractivity contribution in [3.8, 4) is 0 Å². The van der Waals surface area contributed by atoms with Gasteiger partial charge in [0, 0.05) is 46.9 Å². The predicted molar refractivity (Wildman–Crippen MR) is 113 cm³/mol. The van der Waals surface area contributed by atoms with Gasteiger partial charge in [0.05, 0.1) is 13.1 Å². The average Bonchev–Trinajstić information content (AvgIpc) is 3.04. The summed E-state index contributed by atoms with van der Waals surface area (Å²) in [6.07, 6.45) is -2.14. The number of hydrogen-bond donors (Lipinski definition) is 4. The lowest BCUT2D eigenvalue weighted by Gasteiger charge is -2.16. The fourth-order valence-electron chi connectivity index (χ4n) is 3.51. The fourth-order valence-corrected chi connectivity index (χ4v) is 3.51. The van der Waals surface area contributed by atoms with Crippen LogP contribution in [0.5, 0.6) is 0 Å². The van der Waals surface area contributed by atoms with Crippen LogP contribution in [0.1, 0.15) is 20.7 Å². The molecule has 4 bridgehead atoms. The molecule has 4 N–H and O–H groups in total. The molecular formula is C20H20N4O10. The SMILES string of the molecule is COC1CNC(=O)c2ccc(c3c4ccc(c(=O)[nH]c4=O)c23)C(=O)NCC(OC)OONOO1. The highest BCUT2D eigenvalue weighted by Crippen LogP contribution is 2.29. The van der Waals surface area contributed by atoms with Crippen LogP contribution in [-0.4, -0.2) is 56.7 Å². The lowest BCUT2D eigenvalue weighted by molar-refractivity contribution is -0.527. The first-order valence-electron chi connectivity index (χ1n) is 9.91. The lowest BCUT2D eigenvalue weighted by Crippen LogP contribution is -2.37. The van der Waals surface area contributed by atoms with Crippen LogP contribution in [-0.2, 0) is 29.2 Å². The van der Waals surface area contributed by atoms with Crippen LogP contribution in [0, 0.1) is 0 Å². The quantitative estimate of drug-likeness (QED) is 0.341. The first-order chi connectivity index (χ1) is 16.4. The van der Waals surface area contributed by atoms with Gasteiger partial charge in [0.25, 0.3) is 22.9 Å². The number of amides is 2. The molecule has 180 valence electrons. The third-order valence-corrected chi connectivity index (χ3v) is 5.13. The number of carbonyl (C=O) groups is 2. The van der Waals surface area contributed by atoms with Crippen LogP contribution in [0.4, 0.5) is 0 Å². The molecule has 14 nitrogen and oxygen atoms in total. The molecule has 0 aliphatic carbocycles. The van der Waals surface area contributed by atoms with E-state index in [1.165, 1.54) is 38.5 Å². The van der Waals surface area contributed by atoms with Crippen molar-refractivity contribution in [3.05, 3.63) is 56.1 Å². The van der Waals surface area contributed by atoms with Crippen molar-refractivity contribution in [3.63, 3.8) is 0 Å². The van der Waals surface area contributed by atoms with E-state index in [1.807, 2.05) is 5.64 Å². The molecular weight excluding hydrogens is 456 g/mol. The van der Waals surface area contributed by atoms with E-state index in [-0.39, 0.29) is 45.8 Å². The Balaban J connectivity index is 1.88. The summed E-state index contributed by atoms with van der Waals surface area (Å²) in [6.45, 7) is -0.356. The van der Waals surface area contributed by atoms with Crippen LogP contribution in [0.15, 0.2) is 33.9 Å². The van der Waals surface area contributed by atoms with Crippen LogP contribution in [0.25, 0.3) is 21.5 Å². The van der Waals surface area contributed by atoms with Gasteiger partial charge in [-0.3, -0.25) is 24.2 Å². The second kappa shape index (κ2) is 10.2. The van der Waals surface area contributed by atoms with Crippen molar-refractivity contribution in [2.45, 2.75) is 12.6 Å². The Hall–Kier alpha value is -3.50. The van der Waals surface area contributed by atoms with E-state index in [9.17, 15) is 19.2 Å². The Morgan fingerprint density at radius 3 is 1.59 bits per heavy atom. The summed E-state index contributed by atoms with van der Waals surface area (Å²) in [5, 5.41) is 5.57. The van der Waals surface area contributed by atoms with E-state index in [0.29, 0.717) is 0 Å². The fraction of sp³-hybridized carbons (Fsp3) is 0.300. The maximum atomic E-state index is 13.0. The standard InChI is InChI=1S/C20H20N4O10/c1-29-13-7-21-17(25)9-3-4-10(18(26)22-8-14(30-2)32-34-24-33-31-13)16-12-6-5-11(15(9)16)19(27)23-20(12)28/h3-6,13-14,24H,7-8H2,1-2H3,(H,21,25)(H,22,26)(H,23,27,28). The highest BCUT2D eigenvalue weighted by Gasteiger charge is 2.23. The van der Waals surface area contributed by atoms with Crippen molar-refractivity contribution in [2.75, 3.05) is 27.3 Å². The number of fused-ring (bicyclic) bond motifs is 6. The van der Waals surface area contributed by atoms with Gasteiger partial charge in [-0.15, -0.1) is 9.98 Å². The molecule has 2 atom stereocenters. The normalized spacial score (nSPS) is 20.9. The zero-order valence-electron chi connectivity index (χ0n) is 18.0. The monoisotopic (exact) mass is 476 g/mol. The molecule has 0 spiro atoms. The van der Waals surface area contributed by atoms with E-state index in [1.54, 1.807) is 0 Å². The Bertz CT molecular complexity index is 1230. The number of carbonyl (C=O) groups excluding carboxylic acids is 2.